The molecule has 0 spiro atoms. The Morgan fingerprint density at radius 3 is 2.50 bits per heavy atom. The topological polar surface area (TPSA) is 50.5 Å². The van der Waals surface area contributed by atoms with Crippen LogP contribution in [-0.2, 0) is 13.1 Å². The molecule has 6 heteroatoms. The largest absolute Gasteiger partial charge is 0.491 e. The summed E-state index contributed by atoms with van der Waals surface area (Å²) >= 11 is 6.31. The van der Waals surface area contributed by atoms with Gasteiger partial charge >= 0.3 is 0 Å². The van der Waals surface area contributed by atoms with Crippen LogP contribution in [0.15, 0.2) is 48.5 Å². The van der Waals surface area contributed by atoms with Crippen molar-refractivity contribution in [3.05, 3.63) is 81.6 Å². The predicted molar refractivity (Wildman–Crippen MR) is 121 cm³/mol. The van der Waals surface area contributed by atoms with Crippen molar-refractivity contribution in [2.24, 2.45) is 0 Å². The molecule has 3 aromatic rings. The van der Waals surface area contributed by atoms with Crippen LogP contribution in [0.5, 0.6) is 5.75 Å². The molecule has 0 amide bonds. The Kier molecular flexibility index (Phi) is 7.53. The quantitative estimate of drug-likeness (QED) is 0.550. The Bertz CT molecular complexity index is 969. The standard InChI is InChI=1S/C24H30ClN3O2/c1-17-9-11-22(12-10-17)30-16-21(29)14-27(4)15-23-18(2)26-28(19(23)3)13-20-7-5-6-8-24(20)25/h5-12,21,29H,13-16H2,1-4H3. The molecule has 0 saturated carbocycles. The average Bonchev–Trinajstić information content (AvgIpc) is 2.96. The highest BCUT2D eigenvalue weighted by Crippen LogP contribution is 2.20. The normalized spacial score (nSPS) is 12.4. The third-order valence-electron chi connectivity index (χ3n) is 5.22. The van der Waals surface area contributed by atoms with Crippen molar-refractivity contribution < 1.29 is 9.84 Å². The molecule has 3 rings (SSSR count). The summed E-state index contributed by atoms with van der Waals surface area (Å²) in [5.74, 6) is 0.773. The van der Waals surface area contributed by atoms with Crippen molar-refractivity contribution in [2.75, 3.05) is 20.2 Å². The minimum Gasteiger partial charge on any atom is -0.491 e. The monoisotopic (exact) mass is 427 g/mol. The van der Waals surface area contributed by atoms with Gasteiger partial charge in [-0.05, 0) is 51.6 Å². The number of aliphatic hydroxyl groups is 1. The van der Waals surface area contributed by atoms with Crippen molar-refractivity contribution in [1.29, 1.82) is 0 Å². The van der Waals surface area contributed by atoms with E-state index in [1.54, 1.807) is 0 Å². The fourth-order valence-corrected chi connectivity index (χ4v) is 3.67. The van der Waals surface area contributed by atoms with E-state index in [2.05, 4.69) is 11.8 Å². The van der Waals surface area contributed by atoms with Crippen LogP contribution in [0.4, 0.5) is 0 Å². The molecule has 1 unspecified atom stereocenters. The molecule has 1 heterocycles. The van der Waals surface area contributed by atoms with Crippen molar-refractivity contribution >= 4 is 11.6 Å². The van der Waals surface area contributed by atoms with Gasteiger partial charge in [0.05, 0.1) is 12.2 Å². The second kappa shape index (κ2) is 10.1. The second-order valence-electron chi connectivity index (χ2n) is 7.87. The van der Waals surface area contributed by atoms with E-state index in [9.17, 15) is 5.11 Å². The van der Waals surface area contributed by atoms with Crippen molar-refractivity contribution in [1.82, 2.24) is 14.7 Å². The summed E-state index contributed by atoms with van der Waals surface area (Å²) in [7, 11) is 2.00. The Morgan fingerprint density at radius 1 is 1.10 bits per heavy atom. The molecule has 0 bridgehead atoms. The summed E-state index contributed by atoms with van der Waals surface area (Å²) in [5.41, 5.74) is 5.52. The highest BCUT2D eigenvalue weighted by atomic mass is 35.5. The van der Waals surface area contributed by atoms with E-state index >= 15 is 0 Å². The van der Waals surface area contributed by atoms with E-state index < -0.39 is 6.10 Å². The van der Waals surface area contributed by atoms with Crippen LogP contribution in [-0.4, -0.2) is 46.1 Å². The molecule has 1 aromatic heterocycles. The third-order valence-corrected chi connectivity index (χ3v) is 5.59. The van der Waals surface area contributed by atoms with E-state index in [-0.39, 0.29) is 6.61 Å². The zero-order valence-corrected chi connectivity index (χ0v) is 18.9. The lowest BCUT2D eigenvalue weighted by atomic mass is 10.1. The molecule has 0 saturated heterocycles. The number of benzene rings is 2. The summed E-state index contributed by atoms with van der Waals surface area (Å²) in [4.78, 5) is 2.10. The van der Waals surface area contributed by atoms with Gasteiger partial charge in [-0.2, -0.15) is 5.10 Å². The van der Waals surface area contributed by atoms with Gasteiger partial charge in [0, 0.05) is 29.4 Å². The lowest BCUT2D eigenvalue weighted by molar-refractivity contribution is 0.0743. The summed E-state index contributed by atoms with van der Waals surface area (Å²) in [6.45, 7) is 8.27. The van der Waals surface area contributed by atoms with E-state index in [4.69, 9.17) is 21.4 Å². The molecule has 0 aliphatic heterocycles. The predicted octanol–water partition coefficient (Wildman–Crippen LogP) is 4.38. The molecule has 160 valence electrons. The van der Waals surface area contributed by atoms with Crippen LogP contribution < -0.4 is 4.74 Å². The first-order valence-corrected chi connectivity index (χ1v) is 10.5. The Balaban J connectivity index is 1.56. The average molecular weight is 428 g/mol. The van der Waals surface area contributed by atoms with E-state index in [1.165, 1.54) is 11.1 Å². The van der Waals surface area contributed by atoms with Crippen LogP contribution >= 0.6 is 11.6 Å². The van der Waals surface area contributed by atoms with Crippen LogP contribution in [0.1, 0.15) is 28.1 Å². The second-order valence-corrected chi connectivity index (χ2v) is 8.28. The fraction of sp³-hybridized carbons (Fsp3) is 0.375. The van der Waals surface area contributed by atoms with Gasteiger partial charge in [-0.3, -0.25) is 9.58 Å². The molecule has 0 aliphatic carbocycles. The number of halogens is 1. The lowest BCUT2D eigenvalue weighted by Crippen LogP contribution is -2.33. The number of nitrogens with zero attached hydrogens (tertiary/aromatic N) is 3. The Labute approximate surface area is 183 Å². The maximum Gasteiger partial charge on any atom is 0.119 e. The molecule has 30 heavy (non-hydrogen) atoms. The Hall–Kier alpha value is -2.34. The maximum atomic E-state index is 10.4. The van der Waals surface area contributed by atoms with Gasteiger partial charge in [-0.25, -0.2) is 0 Å². The van der Waals surface area contributed by atoms with Gasteiger partial charge in [0.1, 0.15) is 18.5 Å². The first-order chi connectivity index (χ1) is 14.3. The SMILES string of the molecule is Cc1ccc(OCC(O)CN(C)Cc2c(C)nn(Cc3ccccc3Cl)c2C)cc1. The van der Waals surface area contributed by atoms with Crippen molar-refractivity contribution in [2.45, 2.75) is 40.0 Å². The number of ether oxygens (including phenoxy) is 1. The molecule has 5 nitrogen and oxygen atoms in total. The zero-order chi connectivity index (χ0) is 21.7. The molecule has 1 N–H and O–H groups in total. The number of likely N-dealkylation sites (N-methyl/N-ethyl adjacent to an activating group) is 1. The molecule has 2 aromatic carbocycles. The fourth-order valence-electron chi connectivity index (χ4n) is 3.48. The van der Waals surface area contributed by atoms with Gasteiger partial charge < -0.3 is 9.84 Å². The zero-order valence-electron chi connectivity index (χ0n) is 18.1. The smallest absolute Gasteiger partial charge is 0.119 e. The first kappa shape index (κ1) is 22.3. The molecular formula is C24H30ClN3O2. The minimum absolute atomic E-state index is 0.261. The summed E-state index contributed by atoms with van der Waals surface area (Å²) < 4.78 is 7.69. The van der Waals surface area contributed by atoms with Gasteiger partial charge in [0.2, 0.25) is 0 Å². The van der Waals surface area contributed by atoms with Gasteiger partial charge in [-0.1, -0.05) is 47.5 Å². The maximum absolute atomic E-state index is 10.4. The molecule has 1 atom stereocenters. The number of rotatable bonds is 9. The number of aryl methyl sites for hydroxylation is 2. The van der Waals surface area contributed by atoms with Crippen LogP contribution in [0, 0.1) is 20.8 Å². The molecule has 0 radical (unpaired) electrons. The summed E-state index contributed by atoms with van der Waals surface area (Å²) in [6, 6.07) is 15.7. The highest BCUT2D eigenvalue weighted by Gasteiger charge is 2.16. The highest BCUT2D eigenvalue weighted by molar-refractivity contribution is 6.31. The van der Waals surface area contributed by atoms with Crippen LogP contribution in [0.2, 0.25) is 5.02 Å². The minimum atomic E-state index is -0.574. The van der Waals surface area contributed by atoms with Crippen LogP contribution in [0.3, 0.4) is 0 Å². The van der Waals surface area contributed by atoms with Crippen molar-refractivity contribution in [3.63, 3.8) is 0 Å². The molecule has 0 fully saturated rings. The van der Waals surface area contributed by atoms with Gasteiger partial charge in [0.25, 0.3) is 0 Å². The third kappa shape index (κ3) is 5.85. The molecular weight excluding hydrogens is 398 g/mol. The molecule has 0 aliphatic rings. The van der Waals surface area contributed by atoms with E-state index in [0.717, 1.165) is 27.7 Å². The van der Waals surface area contributed by atoms with Gasteiger partial charge in [0.15, 0.2) is 0 Å². The van der Waals surface area contributed by atoms with Crippen LogP contribution in [0.25, 0.3) is 0 Å². The number of hydrogen-bond donors (Lipinski definition) is 1. The van der Waals surface area contributed by atoms with Gasteiger partial charge in [-0.15, -0.1) is 0 Å². The lowest BCUT2D eigenvalue weighted by Gasteiger charge is -2.21. The summed E-state index contributed by atoms with van der Waals surface area (Å²) in [5, 5.41) is 15.8. The van der Waals surface area contributed by atoms with E-state index in [0.29, 0.717) is 19.6 Å². The first-order valence-electron chi connectivity index (χ1n) is 10.2. The number of aliphatic hydroxyl groups excluding tert-OH is 1. The number of aromatic nitrogens is 2. The Morgan fingerprint density at radius 2 is 1.80 bits per heavy atom. The van der Waals surface area contributed by atoms with Crippen molar-refractivity contribution in [3.8, 4) is 5.75 Å². The summed E-state index contributed by atoms with van der Waals surface area (Å²) in [6.07, 6.45) is -0.574. The van der Waals surface area contributed by atoms with E-state index in [1.807, 2.05) is 74.1 Å². The number of hydrogen-bond acceptors (Lipinski definition) is 4.